The molecule has 0 aromatic heterocycles. The Balaban J connectivity index is 1.87. The quantitative estimate of drug-likeness (QED) is 0.794. The lowest BCUT2D eigenvalue weighted by Gasteiger charge is -2.14. The lowest BCUT2D eigenvalue weighted by molar-refractivity contribution is 0.171. The minimum Gasteiger partial charge on any atom is -0.490 e. The molecule has 1 aromatic rings. The third-order valence-electron chi connectivity index (χ3n) is 2.81. The lowest BCUT2D eigenvalue weighted by atomic mass is 10.1. The first-order valence-electron chi connectivity index (χ1n) is 6.33. The molecule has 0 amide bonds. The molecule has 1 saturated carbocycles. The Bertz CT molecular complexity index is 344. The summed E-state index contributed by atoms with van der Waals surface area (Å²) in [4.78, 5) is 0. The van der Waals surface area contributed by atoms with Gasteiger partial charge in [-0.25, -0.2) is 0 Å². The molecule has 2 rings (SSSR count). The van der Waals surface area contributed by atoms with Crippen LogP contribution in [0.4, 0.5) is 0 Å². The molecule has 1 atom stereocenters. The van der Waals surface area contributed by atoms with Gasteiger partial charge in [0.2, 0.25) is 0 Å². The van der Waals surface area contributed by atoms with Gasteiger partial charge < -0.3 is 15.2 Å². The van der Waals surface area contributed by atoms with E-state index in [9.17, 15) is 5.11 Å². The Hall–Kier alpha value is -1.06. The van der Waals surface area contributed by atoms with Gasteiger partial charge in [-0.1, -0.05) is 26.0 Å². The van der Waals surface area contributed by atoms with E-state index >= 15 is 0 Å². The minimum atomic E-state index is -0.452. The van der Waals surface area contributed by atoms with E-state index in [2.05, 4.69) is 19.2 Å². The Morgan fingerprint density at radius 3 is 2.47 bits per heavy atom. The highest BCUT2D eigenvalue weighted by atomic mass is 16.5. The molecule has 0 heterocycles. The molecule has 0 aliphatic heterocycles. The zero-order valence-electron chi connectivity index (χ0n) is 10.5. The summed E-state index contributed by atoms with van der Waals surface area (Å²) in [5.41, 5.74) is 0.932. The predicted octanol–water partition coefficient (Wildman–Crippen LogP) is 2.26. The van der Waals surface area contributed by atoms with Gasteiger partial charge in [-0.15, -0.1) is 0 Å². The first kappa shape index (κ1) is 12.4. The normalized spacial score (nSPS) is 17.2. The standard InChI is InChI=1S/C14H21NO2/c1-10(2)15-9-14(16)11-3-5-12(6-4-11)17-13-7-8-13/h3-6,10,13-16H,7-9H2,1-2H3. The number of ether oxygens (including phenoxy) is 1. The van der Waals surface area contributed by atoms with Crippen molar-refractivity contribution in [3.8, 4) is 5.75 Å². The molecule has 1 unspecified atom stereocenters. The highest BCUT2D eigenvalue weighted by molar-refractivity contribution is 5.29. The van der Waals surface area contributed by atoms with E-state index in [-0.39, 0.29) is 0 Å². The van der Waals surface area contributed by atoms with Crippen molar-refractivity contribution < 1.29 is 9.84 Å². The number of nitrogens with one attached hydrogen (secondary N) is 1. The molecule has 3 heteroatoms. The fourth-order valence-electron chi connectivity index (χ4n) is 1.61. The highest BCUT2D eigenvalue weighted by Crippen LogP contribution is 2.27. The Morgan fingerprint density at radius 1 is 1.29 bits per heavy atom. The van der Waals surface area contributed by atoms with E-state index in [1.165, 1.54) is 12.8 Å². The number of rotatable bonds is 6. The average molecular weight is 235 g/mol. The van der Waals surface area contributed by atoms with E-state index in [0.29, 0.717) is 18.7 Å². The predicted molar refractivity (Wildman–Crippen MR) is 68.2 cm³/mol. The topological polar surface area (TPSA) is 41.5 Å². The van der Waals surface area contributed by atoms with Crippen LogP contribution in [0.15, 0.2) is 24.3 Å². The lowest BCUT2D eigenvalue weighted by Crippen LogP contribution is -2.27. The fraction of sp³-hybridized carbons (Fsp3) is 0.571. The van der Waals surface area contributed by atoms with Crippen LogP contribution in [0.3, 0.4) is 0 Å². The molecule has 1 fully saturated rings. The Morgan fingerprint density at radius 2 is 1.94 bits per heavy atom. The second kappa shape index (κ2) is 5.52. The molecule has 1 aliphatic carbocycles. The molecule has 17 heavy (non-hydrogen) atoms. The van der Waals surface area contributed by atoms with Gasteiger partial charge in [-0.05, 0) is 30.5 Å². The number of hydrogen-bond donors (Lipinski definition) is 2. The number of benzene rings is 1. The van der Waals surface area contributed by atoms with Crippen LogP contribution in [0.25, 0.3) is 0 Å². The van der Waals surface area contributed by atoms with Crippen LogP contribution in [0, 0.1) is 0 Å². The molecule has 2 N–H and O–H groups in total. The van der Waals surface area contributed by atoms with Crippen molar-refractivity contribution in [2.24, 2.45) is 0 Å². The molecule has 3 nitrogen and oxygen atoms in total. The Kier molecular flexibility index (Phi) is 4.02. The Labute approximate surface area is 103 Å². The molecular weight excluding hydrogens is 214 g/mol. The summed E-state index contributed by atoms with van der Waals surface area (Å²) in [6.45, 7) is 4.72. The van der Waals surface area contributed by atoms with Crippen molar-refractivity contribution in [3.63, 3.8) is 0 Å². The fourth-order valence-corrected chi connectivity index (χ4v) is 1.61. The van der Waals surface area contributed by atoms with Gasteiger partial charge in [0.25, 0.3) is 0 Å². The van der Waals surface area contributed by atoms with Crippen LogP contribution in [-0.4, -0.2) is 23.8 Å². The van der Waals surface area contributed by atoms with Crippen LogP contribution < -0.4 is 10.1 Å². The van der Waals surface area contributed by atoms with E-state index < -0.39 is 6.10 Å². The van der Waals surface area contributed by atoms with Gasteiger partial charge in [0.15, 0.2) is 0 Å². The molecule has 0 saturated heterocycles. The third kappa shape index (κ3) is 4.02. The van der Waals surface area contributed by atoms with E-state index in [4.69, 9.17) is 4.74 Å². The SMILES string of the molecule is CC(C)NCC(O)c1ccc(OC2CC2)cc1. The molecule has 1 aromatic carbocycles. The van der Waals surface area contributed by atoms with Crippen molar-refractivity contribution in [1.82, 2.24) is 5.32 Å². The van der Waals surface area contributed by atoms with Crippen molar-refractivity contribution in [2.75, 3.05) is 6.54 Å². The van der Waals surface area contributed by atoms with Crippen LogP contribution in [-0.2, 0) is 0 Å². The first-order valence-corrected chi connectivity index (χ1v) is 6.33. The van der Waals surface area contributed by atoms with Gasteiger partial charge in [0.05, 0.1) is 12.2 Å². The molecule has 1 aliphatic rings. The number of hydrogen-bond acceptors (Lipinski definition) is 3. The second-order valence-corrected chi connectivity index (χ2v) is 4.96. The minimum absolute atomic E-state index is 0.391. The van der Waals surface area contributed by atoms with Crippen molar-refractivity contribution in [3.05, 3.63) is 29.8 Å². The molecule has 0 radical (unpaired) electrons. The molecule has 0 spiro atoms. The third-order valence-corrected chi connectivity index (χ3v) is 2.81. The van der Waals surface area contributed by atoms with E-state index in [1.54, 1.807) is 0 Å². The summed E-state index contributed by atoms with van der Waals surface area (Å²) in [5.74, 6) is 0.903. The zero-order chi connectivity index (χ0) is 12.3. The van der Waals surface area contributed by atoms with Crippen molar-refractivity contribution >= 4 is 0 Å². The molecule has 0 bridgehead atoms. The van der Waals surface area contributed by atoms with Gasteiger partial charge in [-0.2, -0.15) is 0 Å². The maximum Gasteiger partial charge on any atom is 0.119 e. The largest absolute Gasteiger partial charge is 0.490 e. The van der Waals surface area contributed by atoms with Gasteiger partial charge in [-0.3, -0.25) is 0 Å². The zero-order valence-corrected chi connectivity index (χ0v) is 10.5. The summed E-state index contributed by atoms with van der Waals surface area (Å²) in [6.07, 6.45) is 2.31. The first-order chi connectivity index (χ1) is 8.15. The van der Waals surface area contributed by atoms with Crippen LogP contribution in [0.5, 0.6) is 5.75 Å². The molecular formula is C14H21NO2. The van der Waals surface area contributed by atoms with Crippen molar-refractivity contribution in [1.29, 1.82) is 0 Å². The van der Waals surface area contributed by atoms with E-state index in [0.717, 1.165) is 11.3 Å². The maximum absolute atomic E-state index is 9.95. The average Bonchev–Trinajstić information content (AvgIpc) is 3.11. The maximum atomic E-state index is 9.95. The van der Waals surface area contributed by atoms with E-state index in [1.807, 2.05) is 24.3 Å². The smallest absolute Gasteiger partial charge is 0.119 e. The van der Waals surface area contributed by atoms with Crippen LogP contribution >= 0.6 is 0 Å². The van der Waals surface area contributed by atoms with Gasteiger partial charge in [0, 0.05) is 12.6 Å². The summed E-state index contributed by atoms with van der Waals surface area (Å²) in [6, 6.07) is 8.13. The van der Waals surface area contributed by atoms with Gasteiger partial charge >= 0.3 is 0 Å². The summed E-state index contributed by atoms with van der Waals surface area (Å²) >= 11 is 0. The molecule has 94 valence electrons. The van der Waals surface area contributed by atoms with Crippen LogP contribution in [0.1, 0.15) is 38.4 Å². The highest BCUT2D eigenvalue weighted by Gasteiger charge is 2.23. The monoisotopic (exact) mass is 235 g/mol. The summed E-state index contributed by atoms with van der Waals surface area (Å²) < 4.78 is 5.66. The van der Waals surface area contributed by atoms with Gasteiger partial charge in [0.1, 0.15) is 5.75 Å². The number of aliphatic hydroxyl groups is 1. The van der Waals surface area contributed by atoms with Crippen molar-refractivity contribution in [2.45, 2.75) is 44.9 Å². The summed E-state index contributed by atoms with van der Waals surface area (Å²) in [7, 11) is 0. The summed E-state index contributed by atoms with van der Waals surface area (Å²) in [5, 5.41) is 13.2. The number of aliphatic hydroxyl groups excluding tert-OH is 1. The second-order valence-electron chi connectivity index (χ2n) is 4.96. The van der Waals surface area contributed by atoms with Crippen LogP contribution in [0.2, 0.25) is 0 Å².